The van der Waals surface area contributed by atoms with Gasteiger partial charge in [0.2, 0.25) is 0 Å². The van der Waals surface area contributed by atoms with Crippen molar-refractivity contribution in [1.29, 1.82) is 0 Å². The van der Waals surface area contributed by atoms with E-state index in [0.717, 1.165) is 43.3 Å². The number of amides is 1. The summed E-state index contributed by atoms with van der Waals surface area (Å²) in [5.74, 6) is 2.10. The monoisotopic (exact) mass is 369 g/mol. The number of carbonyl (C=O) groups is 1. The number of aryl methyl sites for hydroxylation is 1. The normalized spacial score (nSPS) is 14.9. The molecule has 0 bridgehead atoms. The van der Waals surface area contributed by atoms with Crippen molar-refractivity contribution in [3.63, 3.8) is 0 Å². The summed E-state index contributed by atoms with van der Waals surface area (Å²) in [4.78, 5) is 25.9. The van der Waals surface area contributed by atoms with Crippen LogP contribution in [0, 0.1) is 6.92 Å². The van der Waals surface area contributed by atoms with E-state index in [1.807, 2.05) is 31.2 Å². The summed E-state index contributed by atoms with van der Waals surface area (Å²) in [5.41, 5.74) is 1.48. The molecule has 1 fully saturated rings. The Morgan fingerprint density at radius 2 is 1.93 bits per heavy atom. The van der Waals surface area contributed by atoms with Crippen molar-refractivity contribution >= 4 is 11.7 Å². The van der Waals surface area contributed by atoms with Crippen molar-refractivity contribution in [1.82, 2.24) is 20.2 Å². The minimum absolute atomic E-state index is 0.175. The van der Waals surface area contributed by atoms with Crippen LogP contribution >= 0.6 is 0 Å². The molecule has 2 heterocycles. The fourth-order valence-corrected chi connectivity index (χ4v) is 3.18. The number of piperazine rings is 1. The Morgan fingerprint density at radius 1 is 1.19 bits per heavy atom. The van der Waals surface area contributed by atoms with Crippen LogP contribution in [-0.4, -0.2) is 67.7 Å². The van der Waals surface area contributed by atoms with Gasteiger partial charge < -0.3 is 19.9 Å². The van der Waals surface area contributed by atoms with E-state index < -0.39 is 0 Å². The van der Waals surface area contributed by atoms with Gasteiger partial charge in [0.1, 0.15) is 23.1 Å². The highest BCUT2D eigenvalue weighted by atomic mass is 16.5. The highest BCUT2D eigenvalue weighted by molar-refractivity contribution is 5.93. The molecular weight excluding hydrogens is 342 g/mol. The largest absolute Gasteiger partial charge is 0.496 e. The molecule has 0 atom stereocenters. The molecule has 1 saturated heterocycles. The first kappa shape index (κ1) is 19.1. The second kappa shape index (κ2) is 8.81. The number of anilines is 1. The smallest absolute Gasteiger partial charge is 0.270 e. The second-order valence-corrected chi connectivity index (χ2v) is 6.77. The van der Waals surface area contributed by atoms with Crippen molar-refractivity contribution < 1.29 is 9.53 Å². The van der Waals surface area contributed by atoms with Gasteiger partial charge in [0, 0.05) is 38.8 Å². The second-order valence-electron chi connectivity index (χ2n) is 6.77. The fourth-order valence-electron chi connectivity index (χ4n) is 3.18. The lowest BCUT2D eigenvalue weighted by Gasteiger charge is -2.33. The molecule has 2 aromatic rings. The van der Waals surface area contributed by atoms with Gasteiger partial charge in [-0.2, -0.15) is 0 Å². The van der Waals surface area contributed by atoms with Gasteiger partial charge >= 0.3 is 0 Å². The fraction of sp³-hybridized carbons (Fsp3) is 0.450. The summed E-state index contributed by atoms with van der Waals surface area (Å²) in [6.07, 6.45) is 0.700. The average molecular weight is 369 g/mol. The Labute approximate surface area is 160 Å². The van der Waals surface area contributed by atoms with Gasteiger partial charge in [0.05, 0.1) is 7.11 Å². The van der Waals surface area contributed by atoms with Crippen molar-refractivity contribution in [3.05, 3.63) is 47.4 Å². The van der Waals surface area contributed by atoms with Crippen LogP contribution < -0.4 is 15.0 Å². The number of benzene rings is 1. The number of likely N-dealkylation sites (N-methyl/N-ethyl adjacent to an activating group) is 1. The first-order valence-electron chi connectivity index (χ1n) is 9.26. The van der Waals surface area contributed by atoms with Crippen LogP contribution in [0.4, 0.5) is 5.82 Å². The molecule has 0 saturated carbocycles. The third-order valence-corrected chi connectivity index (χ3v) is 4.76. The van der Waals surface area contributed by atoms with Gasteiger partial charge in [-0.1, -0.05) is 18.2 Å². The van der Waals surface area contributed by atoms with Crippen LogP contribution in [0.2, 0.25) is 0 Å². The highest BCUT2D eigenvalue weighted by Crippen LogP contribution is 2.18. The Hall–Kier alpha value is -2.67. The quantitative estimate of drug-likeness (QED) is 0.833. The summed E-state index contributed by atoms with van der Waals surface area (Å²) in [6.45, 7) is 6.13. The van der Waals surface area contributed by atoms with Gasteiger partial charge in [-0.25, -0.2) is 9.97 Å². The van der Waals surface area contributed by atoms with E-state index in [4.69, 9.17) is 4.74 Å². The van der Waals surface area contributed by atoms with Crippen LogP contribution in [0.5, 0.6) is 5.75 Å². The molecule has 1 aliphatic rings. The maximum Gasteiger partial charge on any atom is 0.270 e. The maximum absolute atomic E-state index is 12.6. The summed E-state index contributed by atoms with van der Waals surface area (Å²) in [6, 6.07) is 9.62. The number of hydrogen-bond donors (Lipinski definition) is 1. The Balaban J connectivity index is 1.62. The third-order valence-electron chi connectivity index (χ3n) is 4.76. The van der Waals surface area contributed by atoms with Crippen molar-refractivity contribution in [2.45, 2.75) is 13.3 Å². The zero-order valence-electron chi connectivity index (χ0n) is 16.2. The summed E-state index contributed by atoms with van der Waals surface area (Å²) in [7, 11) is 3.77. The zero-order valence-corrected chi connectivity index (χ0v) is 16.2. The van der Waals surface area contributed by atoms with Crippen LogP contribution in [-0.2, 0) is 6.42 Å². The van der Waals surface area contributed by atoms with E-state index in [1.165, 1.54) is 0 Å². The summed E-state index contributed by atoms with van der Waals surface area (Å²) < 4.78 is 5.35. The highest BCUT2D eigenvalue weighted by Gasteiger charge is 2.18. The zero-order chi connectivity index (χ0) is 19.2. The molecule has 3 rings (SSSR count). The van der Waals surface area contributed by atoms with E-state index in [-0.39, 0.29) is 5.91 Å². The molecule has 0 unspecified atom stereocenters. The molecule has 0 aliphatic carbocycles. The predicted molar refractivity (Wildman–Crippen MR) is 106 cm³/mol. The van der Waals surface area contributed by atoms with Crippen molar-refractivity contribution in [2.75, 3.05) is 51.8 Å². The number of hydrogen-bond acceptors (Lipinski definition) is 6. The van der Waals surface area contributed by atoms with E-state index in [2.05, 4.69) is 32.1 Å². The number of ether oxygens (including phenoxy) is 1. The average Bonchev–Trinajstić information content (AvgIpc) is 2.68. The predicted octanol–water partition coefficient (Wildman–Crippen LogP) is 1.52. The molecule has 0 radical (unpaired) electrons. The van der Waals surface area contributed by atoms with Gasteiger partial charge in [0.15, 0.2) is 0 Å². The molecule has 27 heavy (non-hydrogen) atoms. The minimum Gasteiger partial charge on any atom is -0.496 e. The number of rotatable bonds is 6. The van der Waals surface area contributed by atoms with Crippen LogP contribution in [0.15, 0.2) is 30.3 Å². The van der Waals surface area contributed by atoms with Gasteiger partial charge in [-0.3, -0.25) is 4.79 Å². The van der Waals surface area contributed by atoms with E-state index in [9.17, 15) is 4.79 Å². The molecule has 1 aromatic heterocycles. The number of methoxy groups -OCH3 is 1. The SMILES string of the molecule is COc1ccccc1CCNC(=O)c1cc(N2CCN(C)CC2)nc(C)n1. The summed E-state index contributed by atoms with van der Waals surface area (Å²) in [5, 5.41) is 2.95. The van der Waals surface area contributed by atoms with Crippen LogP contribution in [0.3, 0.4) is 0 Å². The number of nitrogens with zero attached hydrogens (tertiary/aromatic N) is 4. The number of para-hydroxylation sites is 1. The van der Waals surface area contributed by atoms with Gasteiger partial charge in [-0.15, -0.1) is 0 Å². The minimum atomic E-state index is -0.175. The van der Waals surface area contributed by atoms with E-state index in [0.29, 0.717) is 24.5 Å². The molecule has 7 nitrogen and oxygen atoms in total. The lowest BCUT2D eigenvalue weighted by atomic mass is 10.1. The van der Waals surface area contributed by atoms with Crippen molar-refractivity contribution in [3.8, 4) is 5.75 Å². The molecule has 1 N–H and O–H groups in total. The maximum atomic E-state index is 12.6. The molecule has 0 spiro atoms. The number of carbonyl (C=O) groups excluding carboxylic acids is 1. The lowest BCUT2D eigenvalue weighted by molar-refractivity contribution is 0.0948. The van der Waals surface area contributed by atoms with Gasteiger partial charge in [-0.05, 0) is 32.0 Å². The molecular formula is C20H27N5O2. The number of aromatic nitrogens is 2. The van der Waals surface area contributed by atoms with Crippen LogP contribution in [0.25, 0.3) is 0 Å². The van der Waals surface area contributed by atoms with Crippen LogP contribution in [0.1, 0.15) is 21.9 Å². The van der Waals surface area contributed by atoms with E-state index >= 15 is 0 Å². The van der Waals surface area contributed by atoms with Gasteiger partial charge in [0.25, 0.3) is 5.91 Å². The molecule has 7 heteroatoms. The summed E-state index contributed by atoms with van der Waals surface area (Å²) >= 11 is 0. The molecule has 1 aromatic carbocycles. The standard InChI is InChI=1S/C20H27N5O2/c1-15-22-17(14-19(23-15)25-12-10-24(2)11-13-25)20(26)21-9-8-16-6-4-5-7-18(16)27-3/h4-7,14H,8-13H2,1-3H3,(H,21,26). The Bertz CT molecular complexity index is 788. The first-order valence-corrected chi connectivity index (χ1v) is 9.26. The molecule has 1 aliphatic heterocycles. The first-order chi connectivity index (χ1) is 13.1. The van der Waals surface area contributed by atoms with Crippen molar-refractivity contribution in [2.24, 2.45) is 0 Å². The number of nitrogens with one attached hydrogen (secondary N) is 1. The lowest BCUT2D eigenvalue weighted by Crippen LogP contribution is -2.45. The topological polar surface area (TPSA) is 70.6 Å². The van der Waals surface area contributed by atoms with E-state index in [1.54, 1.807) is 13.2 Å². The third kappa shape index (κ3) is 4.95. The Morgan fingerprint density at radius 3 is 2.67 bits per heavy atom. The molecule has 144 valence electrons. The Kier molecular flexibility index (Phi) is 6.24. The molecule has 1 amide bonds.